The topological polar surface area (TPSA) is 49.4 Å². The van der Waals surface area contributed by atoms with Crippen molar-refractivity contribution >= 4 is 9.84 Å². The van der Waals surface area contributed by atoms with Gasteiger partial charge in [-0.1, -0.05) is 19.1 Å². The van der Waals surface area contributed by atoms with Crippen molar-refractivity contribution in [2.45, 2.75) is 24.7 Å². The number of hydrogen-bond acceptors (Lipinski definition) is 4. The Hall–Kier alpha value is -0.910. The van der Waals surface area contributed by atoms with Crippen molar-refractivity contribution in [3.05, 3.63) is 29.8 Å². The molecule has 1 N–H and O–H groups in total. The van der Waals surface area contributed by atoms with Gasteiger partial charge in [0.2, 0.25) is 0 Å². The molecule has 5 heteroatoms. The number of aryl methyl sites for hydroxylation is 1. The number of sulfone groups is 1. The van der Waals surface area contributed by atoms with Crippen LogP contribution in [0.25, 0.3) is 0 Å². The minimum Gasteiger partial charge on any atom is -0.314 e. The van der Waals surface area contributed by atoms with E-state index in [2.05, 4.69) is 10.2 Å². The zero-order valence-corrected chi connectivity index (χ0v) is 13.0. The second kappa shape index (κ2) is 7.20. The molecular weight excluding hydrogens is 272 g/mol. The Labute approximate surface area is 122 Å². The molecule has 0 radical (unpaired) electrons. The second-order valence-corrected chi connectivity index (χ2v) is 7.52. The number of nitrogens with one attached hydrogen (secondary N) is 1. The first-order valence-corrected chi connectivity index (χ1v) is 9.02. The van der Waals surface area contributed by atoms with Crippen molar-refractivity contribution in [1.29, 1.82) is 0 Å². The van der Waals surface area contributed by atoms with E-state index >= 15 is 0 Å². The molecule has 1 heterocycles. The molecule has 0 saturated carbocycles. The van der Waals surface area contributed by atoms with Crippen LogP contribution in [-0.2, 0) is 16.3 Å². The van der Waals surface area contributed by atoms with Gasteiger partial charge in [0.15, 0.2) is 9.84 Å². The standard InChI is InChI=1S/C15H24N2O2S/c1-2-20(18,19)15-7-3-5-14(13-15)6-4-10-17-11-8-16-9-12-17/h3,5,7,13,16H,2,4,6,8-12H2,1H3. The molecule has 1 aromatic carbocycles. The van der Waals surface area contributed by atoms with Crippen LogP contribution < -0.4 is 5.32 Å². The Morgan fingerprint density at radius 3 is 2.70 bits per heavy atom. The second-order valence-electron chi connectivity index (χ2n) is 5.25. The Morgan fingerprint density at radius 1 is 1.25 bits per heavy atom. The van der Waals surface area contributed by atoms with Gasteiger partial charge in [-0.3, -0.25) is 0 Å². The van der Waals surface area contributed by atoms with Crippen molar-refractivity contribution in [2.75, 3.05) is 38.5 Å². The summed E-state index contributed by atoms with van der Waals surface area (Å²) in [6.45, 7) is 7.15. The molecule has 20 heavy (non-hydrogen) atoms. The quantitative estimate of drug-likeness (QED) is 0.860. The Bertz CT molecular complexity index is 522. The van der Waals surface area contributed by atoms with Gasteiger partial charge in [-0.2, -0.15) is 0 Å². The lowest BCUT2D eigenvalue weighted by molar-refractivity contribution is 0.238. The molecule has 0 aromatic heterocycles. The summed E-state index contributed by atoms with van der Waals surface area (Å²) in [6.07, 6.45) is 2.02. The molecule has 0 bridgehead atoms. The van der Waals surface area contributed by atoms with E-state index < -0.39 is 9.84 Å². The number of hydrogen-bond donors (Lipinski definition) is 1. The van der Waals surface area contributed by atoms with E-state index in [1.807, 2.05) is 18.2 Å². The molecule has 1 aliphatic heterocycles. The predicted molar refractivity (Wildman–Crippen MR) is 81.8 cm³/mol. The zero-order valence-electron chi connectivity index (χ0n) is 12.1. The van der Waals surface area contributed by atoms with Gasteiger partial charge in [-0.05, 0) is 37.1 Å². The third kappa shape index (κ3) is 4.30. The summed E-state index contributed by atoms with van der Waals surface area (Å²) in [6, 6.07) is 7.39. The summed E-state index contributed by atoms with van der Waals surface area (Å²) in [5.74, 6) is 0.164. The maximum absolute atomic E-state index is 11.9. The van der Waals surface area contributed by atoms with Crippen LogP contribution in [0, 0.1) is 0 Å². The monoisotopic (exact) mass is 296 g/mol. The minimum atomic E-state index is -3.08. The van der Waals surface area contributed by atoms with E-state index in [1.165, 1.54) is 0 Å². The lowest BCUT2D eigenvalue weighted by Gasteiger charge is -2.27. The van der Waals surface area contributed by atoms with Gasteiger partial charge >= 0.3 is 0 Å². The van der Waals surface area contributed by atoms with Crippen molar-refractivity contribution in [3.63, 3.8) is 0 Å². The first kappa shape index (κ1) is 15.5. The van der Waals surface area contributed by atoms with Crippen LogP contribution in [0.3, 0.4) is 0 Å². The van der Waals surface area contributed by atoms with Crippen LogP contribution in [-0.4, -0.2) is 51.8 Å². The summed E-state index contributed by atoms with van der Waals surface area (Å²) in [5.41, 5.74) is 1.12. The molecule has 1 saturated heterocycles. The van der Waals surface area contributed by atoms with Crippen molar-refractivity contribution in [2.24, 2.45) is 0 Å². The molecule has 1 fully saturated rings. The van der Waals surface area contributed by atoms with E-state index in [-0.39, 0.29) is 5.75 Å². The van der Waals surface area contributed by atoms with Gasteiger partial charge in [0.05, 0.1) is 10.6 Å². The van der Waals surface area contributed by atoms with Gasteiger partial charge in [0.1, 0.15) is 0 Å². The molecule has 1 aliphatic rings. The maximum Gasteiger partial charge on any atom is 0.178 e. The highest BCUT2D eigenvalue weighted by molar-refractivity contribution is 7.91. The van der Waals surface area contributed by atoms with Crippen molar-refractivity contribution in [3.8, 4) is 0 Å². The van der Waals surface area contributed by atoms with Gasteiger partial charge in [-0.25, -0.2) is 8.42 Å². The third-order valence-electron chi connectivity index (χ3n) is 3.79. The summed E-state index contributed by atoms with van der Waals surface area (Å²) >= 11 is 0. The summed E-state index contributed by atoms with van der Waals surface area (Å²) in [7, 11) is -3.08. The van der Waals surface area contributed by atoms with Crippen molar-refractivity contribution < 1.29 is 8.42 Å². The normalized spacial score (nSPS) is 17.2. The Morgan fingerprint density at radius 2 is 2.00 bits per heavy atom. The average Bonchev–Trinajstić information content (AvgIpc) is 2.49. The van der Waals surface area contributed by atoms with Crippen LogP contribution in [0.1, 0.15) is 18.9 Å². The predicted octanol–water partition coefficient (Wildman–Crippen LogP) is 1.32. The Kier molecular flexibility index (Phi) is 5.57. The summed E-state index contributed by atoms with van der Waals surface area (Å²) in [5, 5.41) is 3.34. The van der Waals surface area contributed by atoms with Crippen LogP contribution >= 0.6 is 0 Å². The fourth-order valence-electron chi connectivity index (χ4n) is 2.50. The number of piperazine rings is 1. The molecule has 2 rings (SSSR count). The van der Waals surface area contributed by atoms with Crippen LogP contribution in [0.4, 0.5) is 0 Å². The van der Waals surface area contributed by atoms with Crippen molar-refractivity contribution in [1.82, 2.24) is 10.2 Å². The van der Waals surface area contributed by atoms with Crippen LogP contribution in [0.15, 0.2) is 29.2 Å². The first-order valence-electron chi connectivity index (χ1n) is 7.36. The summed E-state index contributed by atoms with van der Waals surface area (Å²) in [4.78, 5) is 2.92. The van der Waals surface area contributed by atoms with Gasteiger partial charge in [-0.15, -0.1) is 0 Å². The average molecular weight is 296 g/mol. The minimum absolute atomic E-state index is 0.164. The maximum atomic E-state index is 11.9. The Balaban J connectivity index is 1.88. The first-order chi connectivity index (χ1) is 9.62. The highest BCUT2D eigenvalue weighted by atomic mass is 32.2. The molecule has 0 spiro atoms. The van der Waals surface area contributed by atoms with E-state index in [1.54, 1.807) is 13.0 Å². The number of benzene rings is 1. The van der Waals surface area contributed by atoms with Gasteiger partial charge < -0.3 is 10.2 Å². The lowest BCUT2D eigenvalue weighted by Crippen LogP contribution is -2.43. The smallest absolute Gasteiger partial charge is 0.178 e. The third-order valence-corrected chi connectivity index (χ3v) is 5.52. The van der Waals surface area contributed by atoms with Gasteiger partial charge in [0.25, 0.3) is 0 Å². The molecule has 0 aliphatic carbocycles. The van der Waals surface area contributed by atoms with Crippen LogP contribution in [0.2, 0.25) is 0 Å². The number of nitrogens with zero attached hydrogens (tertiary/aromatic N) is 1. The molecule has 4 nitrogen and oxygen atoms in total. The lowest BCUT2D eigenvalue weighted by atomic mass is 10.1. The zero-order chi connectivity index (χ0) is 14.4. The van der Waals surface area contributed by atoms with E-state index in [0.29, 0.717) is 4.90 Å². The van der Waals surface area contributed by atoms with E-state index in [9.17, 15) is 8.42 Å². The molecule has 0 unspecified atom stereocenters. The SMILES string of the molecule is CCS(=O)(=O)c1cccc(CCCN2CCNCC2)c1. The molecule has 1 aromatic rings. The van der Waals surface area contributed by atoms with E-state index in [4.69, 9.17) is 0 Å². The van der Waals surface area contributed by atoms with Gasteiger partial charge in [0, 0.05) is 26.2 Å². The molecule has 0 atom stereocenters. The molecule has 112 valence electrons. The largest absolute Gasteiger partial charge is 0.314 e. The summed E-state index contributed by atoms with van der Waals surface area (Å²) < 4.78 is 23.7. The number of rotatable bonds is 6. The molecular formula is C15H24N2O2S. The van der Waals surface area contributed by atoms with Crippen LogP contribution in [0.5, 0.6) is 0 Å². The fourth-order valence-corrected chi connectivity index (χ4v) is 3.45. The highest BCUT2D eigenvalue weighted by Gasteiger charge is 2.12. The van der Waals surface area contributed by atoms with E-state index in [0.717, 1.165) is 51.1 Å². The fraction of sp³-hybridized carbons (Fsp3) is 0.600. The molecule has 0 amide bonds. The highest BCUT2D eigenvalue weighted by Crippen LogP contribution is 2.14.